The van der Waals surface area contributed by atoms with Gasteiger partial charge in [0.2, 0.25) is 5.95 Å². The molecule has 9 atom stereocenters. The van der Waals surface area contributed by atoms with E-state index in [1.165, 1.54) is 6.07 Å². The molecule has 22 nitrogen and oxygen atoms in total. The first-order valence-electron chi connectivity index (χ1n) is 12.6. The van der Waals surface area contributed by atoms with Crippen molar-refractivity contribution in [3.05, 3.63) is 39.4 Å². The lowest BCUT2D eigenvalue weighted by molar-refractivity contribution is -0.0986. The second kappa shape index (κ2) is 12.4. The number of aliphatic hydroxyl groups excluding tert-OH is 2. The van der Waals surface area contributed by atoms with Crippen molar-refractivity contribution in [2.24, 2.45) is 0 Å². The molecular formula is C19H27BN10O12P2. The van der Waals surface area contributed by atoms with Gasteiger partial charge < -0.3 is 40.9 Å². The smallest absolute Gasteiger partial charge is 0.392 e. The second-order valence-electron chi connectivity index (χ2n) is 9.63. The van der Waals surface area contributed by atoms with Gasteiger partial charge in [-0.05, 0) is 6.07 Å². The number of nitrogens with one attached hydrogen (secondary N) is 3. The molecule has 44 heavy (non-hydrogen) atoms. The topological polar surface area (TPSA) is 327 Å². The summed E-state index contributed by atoms with van der Waals surface area (Å²) in [7, 11) is -3.65. The summed E-state index contributed by atoms with van der Waals surface area (Å²) in [5.41, 5.74) is 9.27. The zero-order valence-corrected chi connectivity index (χ0v) is 24.1. The Balaban J connectivity index is 1.42. The number of anilines is 2. The molecule has 0 bridgehead atoms. The molecule has 0 spiro atoms. The van der Waals surface area contributed by atoms with Gasteiger partial charge in [-0.1, -0.05) is 0 Å². The van der Waals surface area contributed by atoms with Gasteiger partial charge in [0.25, 0.3) is 5.56 Å². The fraction of sp³-hybridized carbons (Fsp3) is 0.526. The molecule has 3 aromatic rings. The number of nitrogens with two attached hydrogens (primary N) is 2. The lowest BCUT2D eigenvalue weighted by Crippen LogP contribution is -2.48. The Morgan fingerprint density at radius 1 is 1.16 bits per heavy atom. The number of aromatic nitrogens is 6. The van der Waals surface area contributed by atoms with E-state index >= 15 is 0 Å². The third kappa shape index (κ3) is 6.78. The van der Waals surface area contributed by atoms with Gasteiger partial charge >= 0.3 is 21.2 Å². The van der Waals surface area contributed by atoms with Crippen LogP contribution in [0.2, 0.25) is 0 Å². The van der Waals surface area contributed by atoms with Crippen molar-refractivity contribution in [3.63, 3.8) is 0 Å². The maximum Gasteiger partial charge on any atom is 0.403 e. The summed E-state index contributed by atoms with van der Waals surface area (Å²) in [6.07, 6.45) is -5.27. The van der Waals surface area contributed by atoms with Crippen molar-refractivity contribution in [2.45, 2.75) is 42.8 Å². The zero-order valence-electron chi connectivity index (χ0n) is 22.3. The number of hydrogen-bond acceptors (Lipinski definition) is 15. The van der Waals surface area contributed by atoms with Crippen LogP contribution < -0.4 is 32.9 Å². The molecule has 2 aliphatic rings. The minimum Gasteiger partial charge on any atom is -0.392 e. The molecule has 11 N–H and O–H groups in total. The molecule has 5 heterocycles. The van der Waals surface area contributed by atoms with Crippen LogP contribution in [0.4, 0.5) is 11.8 Å². The Hall–Kier alpha value is -3.05. The Kier molecular flexibility index (Phi) is 9.11. The largest absolute Gasteiger partial charge is 0.403 e. The summed E-state index contributed by atoms with van der Waals surface area (Å²) in [6, 6.07) is -0.247. The summed E-state index contributed by atoms with van der Waals surface area (Å²) in [5.74, 6) is -2.03. The Morgan fingerprint density at radius 2 is 1.86 bits per heavy atom. The van der Waals surface area contributed by atoms with Crippen LogP contribution in [-0.4, -0.2) is 107 Å². The van der Waals surface area contributed by atoms with Gasteiger partial charge in [-0.15, -0.1) is 0 Å². The van der Waals surface area contributed by atoms with Crippen molar-refractivity contribution < 1.29 is 47.7 Å². The predicted molar refractivity (Wildman–Crippen MR) is 148 cm³/mol. The van der Waals surface area contributed by atoms with Crippen molar-refractivity contribution in [2.75, 3.05) is 31.3 Å². The van der Waals surface area contributed by atoms with Crippen LogP contribution in [-0.2, 0) is 27.7 Å². The number of aliphatic hydroxyl groups is 2. The van der Waals surface area contributed by atoms with Crippen LogP contribution in [0.5, 0.6) is 0 Å². The van der Waals surface area contributed by atoms with Crippen LogP contribution in [0, 0.1) is 0 Å². The molecule has 0 aromatic carbocycles. The molecule has 2 radical (unpaired) electrons. The van der Waals surface area contributed by atoms with Gasteiger partial charge in [-0.2, -0.15) is 9.97 Å². The first-order chi connectivity index (χ1) is 20.7. The number of rotatable bonds is 5. The first kappa shape index (κ1) is 32.4. The van der Waals surface area contributed by atoms with Crippen molar-refractivity contribution >= 4 is 46.3 Å². The molecule has 2 saturated heterocycles. The fourth-order valence-electron chi connectivity index (χ4n) is 4.56. The quantitative estimate of drug-likeness (QED) is 0.0929. The summed E-state index contributed by atoms with van der Waals surface area (Å²) in [5, 5.41) is 25.3. The number of fused-ring (bicyclic) bond motifs is 2. The van der Waals surface area contributed by atoms with E-state index in [2.05, 4.69) is 30.1 Å². The minimum atomic E-state index is -4.86. The van der Waals surface area contributed by atoms with E-state index in [9.17, 15) is 38.7 Å². The molecule has 2 fully saturated rings. The Labute approximate surface area is 246 Å². The molecule has 0 saturated carbocycles. The highest BCUT2D eigenvalue weighted by atomic mass is 31.2. The number of nitrogens with zero attached hydrogens (tertiary/aromatic N) is 5. The number of nitrogen functional groups attached to an aromatic ring is 2. The summed E-state index contributed by atoms with van der Waals surface area (Å²) >= 11 is 0. The van der Waals surface area contributed by atoms with Gasteiger partial charge in [0.1, 0.15) is 18.0 Å². The average Bonchev–Trinajstić information content (AvgIpc) is 3.48. The minimum absolute atomic E-state index is 0.0914. The highest BCUT2D eigenvalue weighted by molar-refractivity contribution is 7.51. The number of ether oxygens (including phenoxy) is 2. The summed E-state index contributed by atoms with van der Waals surface area (Å²) < 4.78 is 49.7. The Bertz CT molecular complexity index is 1740. The molecule has 5 rings (SSSR count). The van der Waals surface area contributed by atoms with E-state index in [0.717, 1.165) is 21.7 Å². The third-order valence-electron chi connectivity index (χ3n) is 6.60. The van der Waals surface area contributed by atoms with E-state index < -0.39 is 89.3 Å². The highest BCUT2D eigenvalue weighted by Crippen LogP contribution is 2.45. The van der Waals surface area contributed by atoms with Crippen molar-refractivity contribution in [1.82, 2.24) is 39.2 Å². The van der Waals surface area contributed by atoms with E-state index in [0.29, 0.717) is 0 Å². The lowest BCUT2D eigenvalue weighted by atomic mass is 9.92. The van der Waals surface area contributed by atoms with Crippen LogP contribution in [0.15, 0.2) is 28.2 Å². The standard InChI is InChI=1S/C19H27BN10O12P2/c20-14-8(41-10(3-31)29-2-1-9(21)24-19(29)34)5-40-43(35,36)27-11-7(4-39-44(37,38)28-14)42-17(13(11)32)30-6-23-12-15(30)25-18(22)26-16(12)33/h1-2,6-8,10-11,13-14,17,31-32H,3-5H2,(H2,21,24,34)(H2,27,35,36)(H2,28,37,38)(H3,22,25,26,33)/t7-,8-,10?,11-,13-,14-,17?/m1/s1. The van der Waals surface area contributed by atoms with Crippen LogP contribution in [0.3, 0.4) is 0 Å². The summed E-state index contributed by atoms with van der Waals surface area (Å²) in [6.45, 7) is -2.45. The Morgan fingerprint density at radius 3 is 2.57 bits per heavy atom. The number of imidazole rings is 1. The monoisotopic (exact) mass is 660 g/mol. The maximum absolute atomic E-state index is 13.1. The van der Waals surface area contributed by atoms with E-state index in [-0.39, 0.29) is 22.9 Å². The van der Waals surface area contributed by atoms with E-state index in [1.807, 2.05) is 0 Å². The van der Waals surface area contributed by atoms with Gasteiger partial charge in [0, 0.05) is 12.1 Å². The van der Waals surface area contributed by atoms with E-state index in [1.54, 1.807) is 0 Å². The number of H-pyrrole nitrogens is 1. The van der Waals surface area contributed by atoms with Crippen LogP contribution in [0.1, 0.15) is 12.5 Å². The molecule has 2 aliphatic heterocycles. The zero-order chi connectivity index (χ0) is 32.0. The SMILES string of the molecule is [B][C@@H]1NP(=O)(O)OC[C@H]2OC(n3cnc4c(=O)[nH]c(N)nc43)[C@H](O)[C@@H]2NP(=O)(O)OC[C@H]1OC(CO)n1ccc(N)nc1=O. The number of hydrogen-bond donors (Lipinski definition) is 9. The van der Waals surface area contributed by atoms with Gasteiger partial charge in [0.15, 0.2) is 23.6 Å². The predicted octanol–water partition coefficient (Wildman–Crippen LogP) is -4.03. The highest BCUT2D eigenvalue weighted by Gasteiger charge is 2.49. The third-order valence-corrected chi connectivity index (χ3v) is 8.85. The fourth-order valence-corrected chi connectivity index (χ4v) is 6.64. The van der Waals surface area contributed by atoms with Crippen molar-refractivity contribution in [3.8, 4) is 0 Å². The van der Waals surface area contributed by atoms with Crippen LogP contribution in [0.25, 0.3) is 11.2 Å². The lowest BCUT2D eigenvalue weighted by Gasteiger charge is -2.33. The summed E-state index contributed by atoms with van der Waals surface area (Å²) in [4.78, 5) is 59.3. The molecule has 238 valence electrons. The maximum atomic E-state index is 13.1. The van der Waals surface area contributed by atoms with Gasteiger partial charge in [-0.3, -0.25) is 28.0 Å². The van der Waals surface area contributed by atoms with Crippen LogP contribution >= 0.6 is 15.5 Å². The second-order valence-corrected chi connectivity index (χ2v) is 12.7. The molecule has 0 aliphatic carbocycles. The van der Waals surface area contributed by atoms with Gasteiger partial charge in [0.05, 0.1) is 46.1 Å². The normalized spacial score (nSPS) is 34.2. The number of aromatic amines is 1. The molecule has 4 unspecified atom stereocenters. The molecule has 3 aromatic heterocycles. The molecule has 0 amide bonds. The molecular weight excluding hydrogens is 633 g/mol. The first-order valence-corrected chi connectivity index (χ1v) is 15.8. The average molecular weight is 660 g/mol. The van der Waals surface area contributed by atoms with E-state index in [4.69, 9.17) is 37.8 Å². The molecule has 25 heteroatoms. The van der Waals surface area contributed by atoms with Gasteiger partial charge in [-0.25, -0.2) is 29.1 Å². The van der Waals surface area contributed by atoms with Crippen molar-refractivity contribution in [1.29, 1.82) is 0 Å².